The van der Waals surface area contributed by atoms with Crippen molar-refractivity contribution in [2.75, 3.05) is 0 Å². The van der Waals surface area contributed by atoms with Gasteiger partial charge in [0.15, 0.2) is 5.78 Å². The van der Waals surface area contributed by atoms with Crippen LogP contribution in [0.25, 0.3) is 10.1 Å². The minimum absolute atomic E-state index is 0.125. The van der Waals surface area contributed by atoms with Crippen molar-refractivity contribution in [3.8, 4) is 0 Å². The average Bonchev–Trinajstić information content (AvgIpc) is 2.51. The Morgan fingerprint density at radius 2 is 2.13 bits per heavy atom. The third-order valence-electron chi connectivity index (χ3n) is 2.26. The highest BCUT2D eigenvalue weighted by atomic mass is 35.5. The lowest BCUT2D eigenvalue weighted by atomic mass is 10.1. The van der Waals surface area contributed by atoms with E-state index in [0.717, 1.165) is 16.9 Å². The Hall–Kier alpha value is -0.930. The summed E-state index contributed by atoms with van der Waals surface area (Å²) in [5.41, 5.74) is 0.889. The van der Waals surface area contributed by atoms with Gasteiger partial charge in [0, 0.05) is 12.3 Å². The maximum atomic E-state index is 13.5. The quantitative estimate of drug-likeness (QED) is 0.685. The zero-order valence-electron chi connectivity index (χ0n) is 8.23. The number of carbonyl (C=O) groups is 1. The number of hydrogen-bond acceptors (Lipinski definition) is 2. The van der Waals surface area contributed by atoms with Gasteiger partial charge in [0.2, 0.25) is 0 Å². The highest BCUT2D eigenvalue weighted by molar-refractivity contribution is 7.21. The number of rotatable bonds is 1. The van der Waals surface area contributed by atoms with Crippen LogP contribution < -0.4 is 0 Å². The molecule has 0 amide bonds. The Morgan fingerprint density at radius 3 is 2.67 bits per heavy atom. The number of halogens is 2. The fourth-order valence-electron chi connectivity index (χ4n) is 1.52. The number of fused-ring (bicyclic) bond motifs is 1. The third-order valence-corrected chi connectivity index (χ3v) is 4.05. The van der Waals surface area contributed by atoms with Gasteiger partial charge in [-0.2, -0.15) is 0 Å². The molecule has 0 aliphatic rings. The van der Waals surface area contributed by atoms with E-state index < -0.39 is 0 Å². The minimum Gasteiger partial charge on any atom is -0.294 e. The highest BCUT2D eigenvalue weighted by Gasteiger charge is 2.17. The smallest absolute Gasteiger partial charge is 0.171 e. The Bertz CT molecular complexity index is 559. The van der Waals surface area contributed by atoms with Crippen LogP contribution in [0.2, 0.25) is 5.02 Å². The van der Waals surface area contributed by atoms with Crippen molar-refractivity contribution in [3.63, 3.8) is 0 Å². The van der Waals surface area contributed by atoms with Gasteiger partial charge in [-0.1, -0.05) is 17.7 Å². The van der Waals surface area contributed by atoms with E-state index in [0.29, 0.717) is 20.0 Å². The van der Waals surface area contributed by atoms with E-state index in [1.165, 1.54) is 13.0 Å². The molecule has 1 aromatic heterocycles. The molecule has 0 atom stereocenters. The molecular formula is C11H8ClFOS. The van der Waals surface area contributed by atoms with E-state index in [2.05, 4.69) is 0 Å². The molecule has 0 unspecified atom stereocenters. The second-order valence-corrected chi connectivity index (χ2v) is 4.77. The Balaban J connectivity index is 2.93. The van der Waals surface area contributed by atoms with Crippen molar-refractivity contribution in [1.29, 1.82) is 0 Å². The van der Waals surface area contributed by atoms with E-state index in [1.807, 2.05) is 6.92 Å². The summed E-state index contributed by atoms with van der Waals surface area (Å²) < 4.78 is 13.9. The lowest BCUT2D eigenvalue weighted by molar-refractivity contribution is 0.102. The first-order valence-corrected chi connectivity index (χ1v) is 5.60. The van der Waals surface area contributed by atoms with Gasteiger partial charge >= 0.3 is 0 Å². The molecule has 1 aromatic carbocycles. The van der Waals surface area contributed by atoms with E-state index in [4.69, 9.17) is 11.6 Å². The SMILES string of the molecule is CC(=O)c1sc2c(F)ccc(C)c2c1Cl. The molecule has 0 aliphatic carbocycles. The van der Waals surface area contributed by atoms with Gasteiger partial charge in [0.25, 0.3) is 0 Å². The normalized spacial score (nSPS) is 10.9. The van der Waals surface area contributed by atoms with Crippen molar-refractivity contribution in [2.45, 2.75) is 13.8 Å². The topological polar surface area (TPSA) is 17.1 Å². The molecule has 15 heavy (non-hydrogen) atoms. The first kappa shape index (κ1) is 10.6. The van der Waals surface area contributed by atoms with Crippen LogP contribution in [-0.4, -0.2) is 5.78 Å². The first-order valence-electron chi connectivity index (χ1n) is 4.40. The lowest BCUT2D eigenvalue weighted by Crippen LogP contribution is -1.86. The summed E-state index contributed by atoms with van der Waals surface area (Å²) in [6.07, 6.45) is 0. The predicted molar refractivity (Wildman–Crippen MR) is 61.5 cm³/mol. The van der Waals surface area contributed by atoms with Gasteiger partial charge < -0.3 is 0 Å². The maximum Gasteiger partial charge on any atom is 0.171 e. The monoisotopic (exact) mass is 242 g/mol. The molecule has 2 aromatic rings. The van der Waals surface area contributed by atoms with Crippen molar-refractivity contribution in [3.05, 3.63) is 33.4 Å². The van der Waals surface area contributed by atoms with Crippen LogP contribution in [0.1, 0.15) is 22.2 Å². The molecule has 0 aliphatic heterocycles. The molecule has 0 spiro atoms. The third kappa shape index (κ3) is 1.56. The summed E-state index contributed by atoms with van der Waals surface area (Å²) in [6.45, 7) is 3.29. The zero-order valence-corrected chi connectivity index (χ0v) is 9.80. The summed E-state index contributed by atoms with van der Waals surface area (Å²) in [6, 6.07) is 3.06. The largest absolute Gasteiger partial charge is 0.294 e. The van der Waals surface area contributed by atoms with Gasteiger partial charge in [0.05, 0.1) is 14.6 Å². The molecule has 1 nitrogen and oxygen atoms in total. The van der Waals surface area contributed by atoms with Crippen LogP contribution in [0.5, 0.6) is 0 Å². The van der Waals surface area contributed by atoms with E-state index in [-0.39, 0.29) is 11.6 Å². The number of carbonyl (C=O) groups excluding carboxylic acids is 1. The average molecular weight is 243 g/mol. The Labute approximate surface area is 95.5 Å². The molecule has 0 bridgehead atoms. The number of ketones is 1. The summed E-state index contributed by atoms with van der Waals surface area (Å²) in [7, 11) is 0. The van der Waals surface area contributed by atoms with Gasteiger partial charge in [-0.25, -0.2) is 4.39 Å². The fraction of sp³-hybridized carbons (Fsp3) is 0.182. The molecule has 0 N–H and O–H groups in total. The molecule has 0 saturated carbocycles. The second-order valence-electron chi connectivity index (χ2n) is 3.37. The van der Waals surface area contributed by atoms with Gasteiger partial charge in [-0.3, -0.25) is 4.79 Å². The summed E-state index contributed by atoms with van der Waals surface area (Å²) >= 11 is 7.17. The minimum atomic E-state index is -0.324. The molecular weight excluding hydrogens is 235 g/mol. The molecule has 4 heteroatoms. The Morgan fingerprint density at radius 1 is 1.47 bits per heavy atom. The molecule has 0 fully saturated rings. The standard InChI is InChI=1S/C11H8ClFOS/c1-5-3-4-7(13)11-8(5)9(12)10(15-11)6(2)14/h3-4H,1-2H3. The Kier molecular flexibility index (Phi) is 2.52. The van der Waals surface area contributed by atoms with Crippen LogP contribution in [0.15, 0.2) is 12.1 Å². The van der Waals surface area contributed by atoms with Crippen LogP contribution in [0.4, 0.5) is 4.39 Å². The van der Waals surface area contributed by atoms with E-state index in [9.17, 15) is 9.18 Å². The van der Waals surface area contributed by atoms with Crippen molar-refractivity contribution in [1.82, 2.24) is 0 Å². The second kappa shape index (κ2) is 3.58. The van der Waals surface area contributed by atoms with Crippen LogP contribution in [0, 0.1) is 12.7 Å². The maximum absolute atomic E-state index is 13.5. The molecule has 1 heterocycles. The summed E-state index contributed by atoms with van der Waals surface area (Å²) in [5, 5.41) is 1.03. The summed E-state index contributed by atoms with van der Waals surface area (Å²) in [4.78, 5) is 11.7. The van der Waals surface area contributed by atoms with E-state index in [1.54, 1.807) is 6.07 Å². The zero-order chi connectivity index (χ0) is 11.2. The van der Waals surface area contributed by atoms with Crippen molar-refractivity contribution < 1.29 is 9.18 Å². The van der Waals surface area contributed by atoms with E-state index >= 15 is 0 Å². The van der Waals surface area contributed by atoms with Crippen molar-refractivity contribution >= 4 is 38.8 Å². The van der Waals surface area contributed by atoms with Gasteiger partial charge in [-0.15, -0.1) is 11.3 Å². The number of hydrogen-bond donors (Lipinski definition) is 0. The molecule has 0 saturated heterocycles. The number of aryl methyl sites for hydroxylation is 1. The van der Waals surface area contributed by atoms with Crippen LogP contribution >= 0.6 is 22.9 Å². The van der Waals surface area contributed by atoms with Crippen LogP contribution in [-0.2, 0) is 0 Å². The van der Waals surface area contributed by atoms with Gasteiger partial charge in [-0.05, 0) is 18.6 Å². The van der Waals surface area contributed by atoms with Crippen LogP contribution in [0.3, 0.4) is 0 Å². The number of benzene rings is 1. The molecule has 78 valence electrons. The summed E-state index contributed by atoms with van der Waals surface area (Å²) in [5.74, 6) is -0.449. The fourth-order valence-corrected chi connectivity index (χ4v) is 3.13. The van der Waals surface area contributed by atoms with Gasteiger partial charge in [0.1, 0.15) is 5.82 Å². The molecule has 2 rings (SSSR count). The highest BCUT2D eigenvalue weighted by Crippen LogP contribution is 2.38. The number of Topliss-reactive ketones (excluding diaryl/α,β-unsaturated/α-hetero) is 1. The predicted octanol–water partition coefficient (Wildman–Crippen LogP) is 4.20. The first-order chi connectivity index (χ1) is 7.02. The lowest BCUT2D eigenvalue weighted by Gasteiger charge is -1.97. The molecule has 0 radical (unpaired) electrons. The van der Waals surface area contributed by atoms with Crippen molar-refractivity contribution in [2.24, 2.45) is 0 Å². The number of thiophene rings is 1.